The van der Waals surface area contributed by atoms with Gasteiger partial charge in [0.25, 0.3) is 5.91 Å². The third-order valence-electron chi connectivity index (χ3n) is 2.20. The zero-order valence-corrected chi connectivity index (χ0v) is 11.0. The summed E-state index contributed by atoms with van der Waals surface area (Å²) in [4.78, 5) is 22.8. The Morgan fingerprint density at radius 3 is 2.37 bits per heavy atom. The molecule has 7 nitrogen and oxygen atoms in total. The topological polar surface area (TPSA) is 85.9 Å². The minimum absolute atomic E-state index is 0.220. The lowest BCUT2D eigenvalue weighted by atomic mass is 10.2. The lowest BCUT2D eigenvalue weighted by Gasteiger charge is -2.10. The predicted octanol–water partition coefficient (Wildman–Crippen LogP) is 1.09. The van der Waals surface area contributed by atoms with Crippen LogP contribution in [0.1, 0.15) is 17.3 Å². The summed E-state index contributed by atoms with van der Waals surface area (Å²) in [5, 5.41) is 0. The van der Waals surface area contributed by atoms with Gasteiger partial charge >= 0.3 is 6.09 Å². The van der Waals surface area contributed by atoms with E-state index >= 15 is 0 Å². The van der Waals surface area contributed by atoms with Gasteiger partial charge in [0.2, 0.25) is 0 Å². The van der Waals surface area contributed by atoms with Crippen molar-refractivity contribution < 1.29 is 23.8 Å². The molecule has 2 amide bonds. The summed E-state index contributed by atoms with van der Waals surface area (Å²) in [5.74, 6) is 0.442. The highest BCUT2D eigenvalue weighted by Gasteiger charge is 2.11. The van der Waals surface area contributed by atoms with Crippen LogP contribution in [-0.2, 0) is 4.74 Å². The smallest absolute Gasteiger partial charge is 0.426 e. The zero-order chi connectivity index (χ0) is 14.3. The normalized spacial score (nSPS) is 9.42. The number of ether oxygens (including phenoxy) is 3. The zero-order valence-electron chi connectivity index (χ0n) is 11.0. The average Bonchev–Trinajstić information content (AvgIpc) is 2.44. The van der Waals surface area contributed by atoms with Gasteiger partial charge in [-0.1, -0.05) is 0 Å². The summed E-state index contributed by atoms with van der Waals surface area (Å²) >= 11 is 0. The van der Waals surface area contributed by atoms with E-state index in [1.165, 1.54) is 20.3 Å². The van der Waals surface area contributed by atoms with Gasteiger partial charge in [0.15, 0.2) is 11.5 Å². The highest BCUT2D eigenvalue weighted by Crippen LogP contribution is 2.27. The fourth-order valence-electron chi connectivity index (χ4n) is 1.32. The summed E-state index contributed by atoms with van der Waals surface area (Å²) in [6.45, 7) is 1.88. The number of hydrogen-bond donors (Lipinski definition) is 2. The molecular formula is C12H16N2O5. The summed E-state index contributed by atoms with van der Waals surface area (Å²) in [5.41, 5.74) is 4.64. The highest BCUT2D eigenvalue weighted by molar-refractivity contribution is 5.95. The summed E-state index contributed by atoms with van der Waals surface area (Å²) < 4.78 is 14.7. The van der Waals surface area contributed by atoms with Crippen LogP contribution in [-0.4, -0.2) is 32.8 Å². The minimum atomic E-state index is -0.726. The van der Waals surface area contributed by atoms with Gasteiger partial charge in [-0.25, -0.2) is 10.2 Å². The first-order valence-corrected chi connectivity index (χ1v) is 5.57. The van der Waals surface area contributed by atoms with E-state index in [1.54, 1.807) is 19.1 Å². The molecular weight excluding hydrogens is 252 g/mol. The molecule has 0 saturated heterocycles. The minimum Gasteiger partial charge on any atom is -0.493 e. The number of hydrogen-bond acceptors (Lipinski definition) is 5. The van der Waals surface area contributed by atoms with E-state index in [2.05, 4.69) is 15.6 Å². The number of nitrogens with one attached hydrogen (secondary N) is 2. The van der Waals surface area contributed by atoms with Crippen molar-refractivity contribution in [1.82, 2.24) is 10.9 Å². The van der Waals surface area contributed by atoms with Crippen molar-refractivity contribution in [1.29, 1.82) is 0 Å². The fourth-order valence-corrected chi connectivity index (χ4v) is 1.32. The van der Waals surface area contributed by atoms with Crippen LogP contribution in [0.2, 0.25) is 0 Å². The number of rotatable bonds is 4. The van der Waals surface area contributed by atoms with Gasteiger partial charge in [0, 0.05) is 5.56 Å². The molecule has 0 aliphatic heterocycles. The van der Waals surface area contributed by atoms with Crippen molar-refractivity contribution in [2.45, 2.75) is 6.92 Å². The van der Waals surface area contributed by atoms with Crippen molar-refractivity contribution in [3.63, 3.8) is 0 Å². The van der Waals surface area contributed by atoms with Crippen LogP contribution in [0.4, 0.5) is 4.79 Å². The Morgan fingerprint density at radius 2 is 1.79 bits per heavy atom. The molecule has 0 heterocycles. The molecule has 7 heteroatoms. The number of hydrazine groups is 1. The Bertz CT molecular complexity index is 461. The first kappa shape index (κ1) is 14.6. The van der Waals surface area contributed by atoms with Crippen molar-refractivity contribution in [3.05, 3.63) is 23.8 Å². The van der Waals surface area contributed by atoms with E-state index in [0.29, 0.717) is 17.1 Å². The number of carbonyl (C=O) groups is 2. The Kier molecular flexibility index (Phi) is 5.46. The molecule has 0 fully saturated rings. The molecule has 0 aliphatic rings. The molecule has 0 radical (unpaired) electrons. The number of carbonyl (C=O) groups excluding carboxylic acids is 2. The molecule has 0 atom stereocenters. The first-order chi connectivity index (χ1) is 9.12. The van der Waals surface area contributed by atoms with Crippen molar-refractivity contribution in [3.8, 4) is 11.5 Å². The molecule has 0 saturated carbocycles. The van der Waals surface area contributed by atoms with Crippen LogP contribution in [0.5, 0.6) is 11.5 Å². The molecule has 104 valence electrons. The second-order valence-corrected chi connectivity index (χ2v) is 3.37. The van der Waals surface area contributed by atoms with Gasteiger partial charge < -0.3 is 14.2 Å². The molecule has 2 N–H and O–H groups in total. The molecule has 0 aromatic heterocycles. The molecule has 1 aromatic rings. The van der Waals surface area contributed by atoms with E-state index in [4.69, 9.17) is 9.47 Å². The second-order valence-electron chi connectivity index (χ2n) is 3.37. The van der Waals surface area contributed by atoms with Crippen LogP contribution in [0, 0.1) is 0 Å². The average molecular weight is 268 g/mol. The van der Waals surface area contributed by atoms with Gasteiger partial charge in [-0.3, -0.25) is 10.2 Å². The Hall–Kier alpha value is -2.44. The monoisotopic (exact) mass is 268 g/mol. The van der Waals surface area contributed by atoms with Crippen molar-refractivity contribution in [2.75, 3.05) is 20.8 Å². The van der Waals surface area contributed by atoms with Gasteiger partial charge in [-0.05, 0) is 25.1 Å². The van der Waals surface area contributed by atoms with Gasteiger partial charge in [0.1, 0.15) is 0 Å². The maximum Gasteiger partial charge on any atom is 0.426 e. The van der Waals surface area contributed by atoms with Crippen molar-refractivity contribution >= 4 is 12.0 Å². The van der Waals surface area contributed by atoms with Crippen LogP contribution in [0.15, 0.2) is 18.2 Å². The van der Waals surface area contributed by atoms with E-state index in [0.717, 1.165) is 0 Å². The third-order valence-corrected chi connectivity index (χ3v) is 2.20. The Labute approximate surface area is 110 Å². The maximum atomic E-state index is 11.7. The number of benzene rings is 1. The SMILES string of the molecule is CCOC(=O)NNC(=O)c1ccc(OC)c(OC)c1. The lowest BCUT2D eigenvalue weighted by Crippen LogP contribution is -2.41. The highest BCUT2D eigenvalue weighted by atomic mass is 16.6. The quantitative estimate of drug-likeness (QED) is 0.798. The van der Waals surface area contributed by atoms with E-state index < -0.39 is 12.0 Å². The summed E-state index contributed by atoms with van der Waals surface area (Å²) in [7, 11) is 2.97. The van der Waals surface area contributed by atoms with Crippen LogP contribution in [0.25, 0.3) is 0 Å². The number of amides is 2. The van der Waals surface area contributed by atoms with Crippen molar-refractivity contribution in [2.24, 2.45) is 0 Å². The molecule has 1 rings (SSSR count). The maximum absolute atomic E-state index is 11.7. The Morgan fingerprint density at radius 1 is 1.11 bits per heavy atom. The van der Waals surface area contributed by atoms with E-state index in [-0.39, 0.29) is 6.61 Å². The molecule has 1 aromatic carbocycles. The molecule has 19 heavy (non-hydrogen) atoms. The Balaban J connectivity index is 2.69. The fraction of sp³-hybridized carbons (Fsp3) is 0.333. The van der Waals surface area contributed by atoms with Gasteiger partial charge in [-0.2, -0.15) is 0 Å². The molecule has 0 spiro atoms. The molecule has 0 bridgehead atoms. The second kappa shape index (κ2) is 7.10. The lowest BCUT2D eigenvalue weighted by molar-refractivity contribution is 0.0912. The third kappa shape index (κ3) is 4.06. The van der Waals surface area contributed by atoms with Crippen LogP contribution >= 0.6 is 0 Å². The summed E-state index contributed by atoms with van der Waals surface area (Å²) in [6, 6.07) is 4.64. The van der Waals surface area contributed by atoms with Crippen LogP contribution in [0.3, 0.4) is 0 Å². The molecule has 0 aliphatic carbocycles. The molecule has 0 unspecified atom stereocenters. The summed E-state index contributed by atoms with van der Waals surface area (Å²) in [6.07, 6.45) is -0.726. The standard InChI is InChI=1S/C12H16N2O5/c1-4-19-12(16)14-13-11(15)8-5-6-9(17-2)10(7-8)18-3/h5-7H,4H2,1-3H3,(H,13,15)(H,14,16). The van der Waals surface area contributed by atoms with Crippen LogP contribution < -0.4 is 20.3 Å². The van der Waals surface area contributed by atoms with E-state index in [9.17, 15) is 9.59 Å². The largest absolute Gasteiger partial charge is 0.493 e. The predicted molar refractivity (Wildman–Crippen MR) is 67.2 cm³/mol. The first-order valence-electron chi connectivity index (χ1n) is 5.57. The number of methoxy groups -OCH3 is 2. The van der Waals surface area contributed by atoms with Gasteiger partial charge in [0.05, 0.1) is 20.8 Å². The van der Waals surface area contributed by atoms with Gasteiger partial charge in [-0.15, -0.1) is 0 Å². The van der Waals surface area contributed by atoms with E-state index in [1.807, 2.05) is 0 Å².